The van der Waals surface area contributed by atoms with E-state index in [1.54, 1.807) is 0 Å². The summed E-state index contributed by atoms with van der Waals surface area (Å²) >= 11 is 1.53. The maximum atomic E-state index is 13.2. The zero-order chi connectivity index (χ0) is 22.8. The molecule has 1 atom stereocenters. The maximum Gasteiger partial charge on any atom is 0.254 e. The first-order valence-corrected chi connectivity index (χ1v) is 12.2. The van der Waals surface area contributed by atoms with Crippen molar-refractivity contribution in [2.75, 3.05) is 31.5 Å². The van der Waals surface area contributed by atoms with E-state index in [1.165, 1.54) is 22.9 Å². The van der Waals surface area contributed by atoms with Gasteiger partial charge in [-0.25, -0.2) is 0 Å². The molecule has 1 N–H and O–H groups in total. The molecule has 6 heteroatoms. The Kier molecular flexibility index (Phi) is 6.20. The Morgan fingerprint density at radius 1 is 0.909 bits per heavy atom. The van der Waals surface area contributed by atoms with Gasteiger partial charge < -0.3 is 10.2 Å². The Morgan fingerprint density at radius 3 is 2.12 bits per heavy atom. The van der Waals surface area contributed by atoms with Crippen LogP contribution in [-0.4, -0.2) is 53.0 Å². The monoisotopic (exact) mass is 457 g/mol. The fourth-order valence-electron chi connectivity index (χ4n) is 4.59. The van der Waals surface area contributed by atoms with E-state index in [9.17, 15) is 9.59 Å². The van der Waals surface area contributed by atoms with Gasteiger partial charge in [0, 0.05) is 36.6 Å². The van der Waals surface area contributed by atoms with Gasteiger partial charge in [-0.2, -0.15) is 0 Å². The van der Waals surface area contributed by atoms with Crippen LogP contribution in [0.4, 0.5) is 5.69 Å². The molecule has 2 aliphatic heterocycles. The van der Waals surface area contributed by atoms with Crippen LogP contribution in [0.3, 0.4) is 0 Å². The van der Waals surface area contributed by atoms with Crippen molar-refractivity contribution in [3.05, 3.63) is 95.6 Å². The summed E-state index contributed by atoms with van der Waals surface area (Å²) in [7, 11) is 0. The van der Waals surface area contributed by atoms with Crippen LogP contribution in [0.1, 0.15) is 34.5 Å². The number of benzene rings is 3. The van der Waals surface area contributed by atoms with Crippen molar-refractivity contribution in [1.29, 1.82) is 0 Å². The van der Waals surface area contributed by atoms with E-state index in [2.05, 4.69) is 58.7 Å². The normalized spacial score (nSPS) is 18.7. The van der Waals surface area contributed by atoms with Crippen molar-refractivity contribution < 1.29 is 9.59 Å². The van der Waals surface area contributed by atoms with Crippen LogP contribution in [0.2, 0.25) is 0 Å². The first kappa shape index (κ1) is 21.7. The summed E-state index contributed by atoms with van der Waals surface area (Å²) < 4.78 is 0. The molecule has 1 fully saturated rings. The Balaban J connectivity index is 1.31. The van der Waals surface area contributed by atoms with E-state index < -0.39 is 0 Å². The van der Waals surface area contributed by atoms with E-state index in [-0.39, 0.29) is 23.1 Å². The lowest BCUT2D eigenvalue weighted by Gasteiger charge is -2.40. The van der Waals surface area contributed by atoms with Gasteiger partial charge in [-0.05, 0) is 36.2 Å². The SMILES string of the molecule is CC1Sc2ccc(C(=O)N3CCN(C(c4ccccc4)c4ccccc4)CC3)cc2NC1=O. The molecule has 168 valence electrons. The molecule has 5 rings (SSSR count). The quantitative estimate of drug-likeness (QED) is 0.619. The van der Waals surface area contributed by atoms with Crippen molar-refractivity contribution in [1.82, 2.24) is 9.80 Å². The van der Waals surface area contributed by atoms with Crippen LogP contribution >= 0.6 is 11.8 Å². The summed E-state index contributed by atoms with van der Waals surface area (Å²) in [6, 6.07) is 26.9. The molecule has 33 heavy (non-hydrogen) atoms. The van der Waals surface area contributed by atoms with Gasteiger partial charge in [0.15, 0.2) is 0 Å². The molecule has 0 radical (unpaired) electrons. The van der Waals surface area contributed by atoms with E-state index in [0.717, 1.165) is 23.7 Å². The Hall–Kier alpha value is -3.09. The number of carbonyl (C=O) groups excluding carboxylic acids is 2. The number of anilines is 1. The third-order valence-corrected chi connectivity index (χ3v) is 7.53. The van der Waals surface area contributed by atoms with E-state index in [0.29, 0.717) is 18.7 Å². The molecular formula is C27H27N3O2S. The molecule has 5 nitrogen and oxygen atoms in total. The molecule has 1 unspecified atom stereocenters. The van der Waals surface area contributed by atoms with Crippen LogP contribution in [0.25, 0.3) is 0 Å². The van der Waals surface area contributed by atoms with E-state index >= 15 is 0 Å². The minimum atomic E-state index is -0.116. The fraction of sp³-hybridized carbons (Fsp3) is 0.259. The van der Waals surface area contributed by atoms with Crippen LogP contribution in [0, 0.1) is 0 Å². The van der Waals surface area contributed by atoms with Gasteiger partial charge >= 0.3 is 0 Å². The lowest BCUT2D eigenvalue weighted by molar-refractivity contribution is -0.115. The topological polar surface area (TPSA) is 52.7 Å². The lowest BCUT2D eigenvalue weighted by atomic mass is 9.96. The van der Waals surface area contributed by atoms with Gasteiger partial charge in [-0.1, -0.05) is 60.7 Å². The summed E-state index contributed by atoms with van der Waals surface area (Å²) in [5.41, 5.74) is 3.89. The zero-order valence-corrected chi connectivity index (χ0v) is 19.4. The number of thioether (sulfide) groups is 1. The summed E-state index contributed by atoms with van der Waals surface area (Å²) in [6.45, 7) is 4.83. The molecule has 1 saturated heterocycles. The number of amides is 2. The summed E-state index contributed by atoms with van der Waals surface area (Å²) in [4.78, 5) is 30.7. The van der Waals surface area contributed by atoms with E-state index in [4.69, 9.17) is 0 Å². The van der Waals surface area contributed by atoms with Crippen LogP contribution in [0.5, 0.6) is 0 Å². The standard InChI is InChI=1S/C27H27N3O2S/c1-19-26(31)28-23-18-22(12-13-24(23)33-19)27(32)30-16-14-29(15-17-30)25(20-8-4-2-5-9-20)21-10-6-3-7-11-21/h2-13,18-19,25H,14-17H2,1H3,(H,28,31). The van der Waals surface area contributed by atoms with Gasteiger partial charge in [-0.15, -0.1) is 11.8 Å². The minimum Gasteiger partial charge on any atom is -0.336 e. The van der Waals surface area contributed by atoms with Gasteiger partial charge in [-0.3, -0.25) is 14.5 Å². The second-order valence-electron chi connectivity index (χ2n) is 8.51. The summed E-state index contributed by atoms with van der Waals surface area (Å²) in [5, 5.41) is 2.81. The van der Waals surface area contributed by atoms with Crippen molar-refractivity contribution in [2.24, 2.45) is 0 Å². The number of nitrogens with zero attached hydrogens (tertiary/aromatic N) is 2. The third-order valence-electron chi connectivity index (χ3n) is 6.35. The maximum absolute atomic E-state index is 13.2. The highest BCUT2D eigenvalue weighted by molar-refractivity contribution is 8.00. The number of hydrogen-bond acceptors (Lipinski definition) is 4. The van der Waals surface area contributed by atoms with Gasteiger partial charge in [0.05, 0.1) is 17.0 Å². The van der Waals surface area contributed by atoms with E-state index in [1.807, 2.05) is 42.2 Å². The number of hydrogen-bond donors (Lipinski definition) is 1. The van der Waals surface area contributed by atoms with Crippen molar-refractivity contribution in [3.8, 4) is 0 Å². The molecule has 0 saturated carbocycles. The molecule has 0 bridgehead atoms. The molecule has 3 aromatic rings. The number of rotatable bonds is 4. The zero-order valence-electron chi connectivity index (χ0n) is 18.6. The average Bonchev–Trinajstić information content (AvgIpc) is 2.86. The lowest BCUT2D eigenvalue weighted by Crippen LogP contribution is -2.49. The number of piperazine rings is 1. The van der Waals surface area contributed by atoms with Crippen LogP contribution in [0.15, 0.2) is 83.8 Å². The first-order valence-electron chi connectivity index (χ1n) is 11.3. The highest BCUT2D eigenvalue weighted by atomic mass is 32.2. The summed E-state index contributed by atoms with van der Waals surface area (Å²) in [5.74, 6) is 0.00451. The molecule has 3 aromatic carbocycles. The first-order chi connectivity index (χ1) is 16.1. The smallest absolute Gasteiger partial charge is 0.254 e. The van der Waals surface area contributed by atoms with Gasteiger partial charge in [0.1, 0.15) is 0 Å². The summed E-state index contributed by atoms with van der Waals surface area (Å²) in [6.07, 6.45) is 0. The van der Waals surface area contributed by atoms with Crippen molar-refractivity contribution in [3.63, 3.8) is 0 Å². The van der Waals surface area contributed by atoms with Gasteiger partial charge in [0.2, 0.25) is 5.91 Å². The van der Waals surface area contributed by atoms with Crippen molar-refractivity contribution >= 4 is 29.3 Å². The van der Waals surface area contributed by atoms with Gasteiger partial charge in [0.25, 0.3) is 5.91 Å². The number of fused-ring (bicyclic) bond motifs is 1. The molecule has 0 spiro atoms. The van der Waals surface area contributed by atoms with Crippen molar-refractivity contribution in [2.45, 2.75) is 23.1 Å². The average molecular weight is 458 g/mol. The minimum absolute atomic E-state index is 0.0152. The second kappa shape index (κ2) is 9.41. The highest BCUT2D eigenvalue weighted by Crippen LogP contribution is 2.36. The molecular weight excluding hydrogens is 430 g/mol. The molecule has 2 aliphatic rings. The predicted molar refractivity (Wildman–Crippen MR) is 133 cm³/mol. The second-order valence-corrected chi connectivity index (χ2v) is 9.89. The Bertz CT molecular complexity index is 1110. The third kappa shape index (κ3) is 4.54. The van der Waals surface area contributed by atoms with Crippen LogP contribution < -0.4 is 5.32 Å². The molecule has 0 aliphatic carbocycles. The fourth-order valence-corrected chi connectivity index (χ4v) is 5.52. The largest absolute Gasteiger partial charge is 0.336 e. The number of nitrogens with one attached hydrogen (secondary N) is 1. The highest BCUT2D eigenvalue weighted by Gasteiger charge is 2.29. The molecule has 0 aromatic heterocycles. The van der Waals surface area contributed by atoms with Crippen LogP contribution in [-0.2, 0) is 4.79 Å². The number of carbonyl (C=O) groups is 2. The predicted octanol–water partition coefficient (Wildman–Crippen LogP) is 4.67. The Morgan fingerprint density at radius 2 is 1.52 bits per heavy atom. The molecule has 2 amide bonds. The Labute approximate surface area is 198 Å². The molecule has 2 heterocycles.